The van der Waals surface area contributed by atoms with Gasteiger partial charge in [0.15, 0.2) is 0 Å². The van der Waals surface area contributed by atoms with E-state index in [2.05, 4.69) is 20.8 Å². The quantitative estimate of drug-likeness (QED) is 0.420. The third-order valence-electron chi connectivity index (χ3n) is 6.10. The lowest BCUT2D eigenvalue weighted by Gasteiger charge is -2.31. The van der Waals surface area contributed by atoms with Crippen molar-refractivity contribution in [3.8, 4) is 6.07 Å². The molecule has 1 atom stereocenters. The molecule has 4 aromatic rings. The average Bonchev–Trinajstić information content (AvgIpc) is 3.60. The van der Waals surface area contributed by atoms with Gasteiger partial charge in [-0.3, -0.25) is 4.79 Å². The summed E-state index contributed by atoms with van der Waals surface area (Å²) in [5.74, 6) is 0.445. The summed E-state index contributed by atoms with van der Waals surface area (Å²) in [4.78, 5) is 22.6. The molecule has 0 spiro atoms. The molecule has 10 nitrogen and oxygen atoms in total. The van der Waals surface area contributed by atoms with Crippen LogP contribution in [0, 0.1) is 11.3 Å². The van der Waals surface area contributed by atoms with Crippen LogP contribution in [0.15, 0.2) is 66.1 Å². The van der Waals surface area contributed by atoms with Crippen molar-refractivity contribution in [2.24, 2.45) is 0 Å². The van der Waals surface area contributed by atoms with Gasteiger partial charge in [-0.05, 0) is 36.8 Å². The predicted molar refractivity (Wildman–Crippen MR) is 124 cm³/mol. The second-order valence-electron chi connectivity index (χ2n) is 8.15. The minimum Gasteiger partial charge on any atom is -0.361 e. The van der Waals surface area contributed by atoms with Crippen LogP contribution in [0.4, 0.5) is 0 Å². The molecule has 0 fully saturated rings. The summed E-state index contributed by atoms with van der Waals surface area (Å²) in [6, 6.07) is 11.2. The van der Waals surface area contributed by atoms with Gasteiger partial charge in [-0.25, -0.2) is 13.4 Å². The van der Waals surface area contributed by atoms with Gasteiger partial charge in [-0.1, -0.05) is 6.07 Å². The van der Waals surface area contributed by atoms with Crippen molar-refractivity contribution in [1.29, 1.82) is 5.26 Å². The van der Waals surface area contributed by atoms with E-state index in [9.17, 15) is 18.5 Å². The number of aromatic amines is 1. The van der Waals surface area contributed by atoms with Crippen molar-refractivity contribution < 1.29 is 13.2 Å². The molecule has 34 heavy (non-hydrogen) atoms. The van der Waals surface area contributed by atoms with Crippen LogP contribution < -0.4 is 4.72 Å². The van der Waals surface area contributed by atoms with Gasteiger partial charge in [0.1, 0.15) is 23.6 Å². The topological polar surface area (TPSA) is 129 Å². The third kappa shape index (κ3) is 4.09. The Hall–Kier alpha value is -3.88. The summed E-state index contributed by atoms with van der Waals surface area (Å²) in [7, 11) is -4.01. The summed E-state index contributed by atoms with van der Waals surface area (Å²) in [6.45, 7) is 1.68. The molecule has 3 aromatic heterocycles. The molecule has 1 aromatic carbocycles. The Bertz CT molecular complexity index is 1490. The highest BCUT2D eigenvalue weighted by Crippen LogP contribution is 2.23. The maximum absolute atomic E-state index is 13.5. The van der Waals surface area contributed by atoms with Crippen LogP contribution in [0.5, 0.6) is 0 Å². The van der Waals surface area contributed by atoms with E-state index < -0.39 is 16.1 Å². The first-order valence-corrected chi connectivity index (χ1v) is 12.4. The molecule has 0 aliphatic carbocycles. The first-order valence-electron chi connectivity index (χ1n) is 10.9. The highest BCUT2D eigenvalue weighted by Gasteiger charge is 2.32. The molecule has 1 aliphatic rings. The zero-order chi connectivity index (χ0) is 23.7. The maximum Gasteiger partial charge on any atom is 0.241 e. The summed E-state index contributed by atoms with van der Waals surface area (Å²) in [6.07, 6.45) is 7.17. The Morgan fingerprint density at radius 2 is 2.09 bits per heavy atom. The minimum absolute atomic E-state index is 0.108. The molecule has 0 radical (unpaired) electrons. The van der Waals surface area contributed by atoms with E-state index in [0.717, 1.165) is 5.82 Å². The van der Waals surface area contributed by atoms with Crippen molar-refractivity contribution in [1.82, 2.24) is 28.7 Å². The number of hydrogen-bond acceptors (Lipinski definition) is 5. The van der Waals surface area contributed by atoms with Crippen LogP contribution in [0.3, 0.4) is 0 Å². The van der Waals surface area contributed by atoms with E-state index in [1.54, 1.807) is 58.4 Å². The van der Waals surface area contributed by atoms with Gasteiger partial charge in [-0.2, -0.15) is 9.98 Å². The minimum atomic E-state index is -4.01. The lowest BCUT2D eigenvalue weighted by atomic mass is 10.1. The molecular formula is C23H23N7O3S. The number of H-pyrrole nitrogens is 1. The monoisotopic (exact) mass is 477 g/mol. The molecule has 1 unspecified atom stereocenters. The van der Waals surface area contributed by atoms with E-state index >= 15 is 0 Å². The number of fused-ring (bicyclic) bond motifs is 2. The van der Waals surface area contributed by atoms with Crippen molar-refractivity contribution in [2.45, 2.75) is 37.0 Å². The van der Waals surface area contributed by atoms with Crippen LogP contribution in [0.2, 0.25) is 0 Å². The van der Waals surface area contributed by atoms with Crippen molar-refractivity contribution in [3.63, 3.8) is 0 Å². The van der Waals surface area contributed by atoms with E-state index in [-0.39, 0.29) is 17.2 Å². The summed E-state index contributed by atoms with van der Waals surface area (Å²) in [5.41, 5.74) is 1.14. The van der Waals surface area contributed by atoms with Gasteiger partial charge in [0.2, 0.25) is 15.9 Å². The van der Waals surface area contributed by atoms with E-state index in [4.69, 9.17) is 0 Å². The number of nitrogens with one attached hydrogen (secondary N) is 2. The number of aromatic nitrogens is 4. The van der Waals surface area contributed by atoms with Crippen molar-refractivity contribution in [3.05, 3.63) is 72.7 Å². The number of nitriles is 1. The zero-order valence-corrected chi connectivity index (χ0v) is 19.1. The van der Waals surface area contributed by atoms with Gasteiger partial charge in [0, 0.05) is 55.3 Å². The fourth-order valence-corrected chi connectivity index (χ4v) is 5.78. The molecule has 2 N–H and O–H groups in total. The number of sulfonamides is 1. The Morgan fingerprint density at radius 1 is 1.21 bits per heavy atom. The van der Waals surface area contributed by atoms with Crippen LogP contribution in [0.1, 0.15) is 17.9 Å². The molecule has 1 aliphatic heterocycles. The Balaban J connectivity index is 1.43. The molecule has 1 amide bonds. The van der Waals surface area contributed by atoms with Crippen molar-refractivity contribution >= 4 is 26.8 Å². The van der Waals surface area contributed by atoms with Crippen LogP contribution >= 0.6 is 0 Å². The normalized spacial score (nSPS) is 14.6. The SMILES string of the molecule is N#Cc1cccn1CCC(NS(=O)(=O)c1cccc2[nH]ccc12)C(=O)N1CCn2ccnc2C1. The number of amides is 1. The summed E-state index contributed by atoms with van der Waals surface area (Å²) < 4.78 is 33.2. The number of nitrogens with zero attached hydrogens (tertiary/aromatic N) is 5. The lowest BCUT2D eigenvalue weighted by molar-refractivity contribution is -0.134. The fraction of sp³-hybridized carbons (Fsp3) is 0.261. The molecule has 5 rings (SSSR count). The highest BCUT2D eigenvalue weighted by molar-refractivity contribution is 7.89. The number of benzene rings is 1. The first kappa shape index (κ1) is 21.9. The van der Waals surface area contributed by atoms with Crippen LogP contribution in [-0.4, -0.2) is 50.9 Å². The molecular weight excluding hydrogens is 454 g/mol. The van der Waals surface area contributed by atoms with E-state index in [0.29, 0.717) is 42.8 Å². The Morgan fingerprint density at radius 3 is 2.94 bits per heavy atom. The van der Waals surface area contributed by atoms with E-state index in [1.165, 1.54) is 6.07 Å². The maximum atomic E-state index is 13.5. The fourth-order valence-electron chi connectivity index (χ4n) is 4.34. The average molecular weight is 478 g/mol. The Kier molecular flexibility index (Phi) is 5.69. The second kappa shape index (κ2) is 8.81. The molecule has 0 bridgehead atoms. The van der Waals surface area contributed by atoms with Gasteiger partial charge < -0.3 is 19.0 Å². The molecule has 174 valence electrons. The van der Waals surface area contributed by atoms with Crippen molar-refractivity contribution in [2.75, 3.05) is 6.54 Å². The number of hydrogen-bond donors (Lipinski definition) is 2. The zero-order valence-electron chi connectivity index (χ0n) is 18.3. The number of carbonyl (C=O) groups is 1. The Labute approximate surface area is 196 Å². The molecule has 0 saturated heterocycles. The molecule has 4 heterocycles. The number of imidazole rings is 1. The number of carbonyl (C=O) groups excluding carboxylic acids is 1. The van der Waals surface area contributed by atoms with Gasteiger partial charge in [-0.15, -0.1) is 0 Å². The smallest absolute Gasteiger partial charge is 0.241 e. The molecule has 0 saturated carbocycles. The number of aryl methyl sites for hydroxylation is 1. The van der Waals surface area contributed by atoms with Crippen LogP contribution in [0.25, 0.3) is 10.9 Å². The number of rotatable bonds is 7. The van der Waals surface area contributed by atoms with Crippen LogP contribution in [-0.2, 0) is 34.5 Å². The van der Waals surface area contributed by atoms with Gasteiger partial charge >= 0.3 is 0 Å². The molecule has 11 heteroatoms. The largest absolute Gasteiger partial charge is 0.361 e. The van der Waals surface area contributed by atoms with Gasteiger partial charge in [0.05, 0.1) is 11.4 Å². The standard InChI is InChI=1S/C23H23N7O3S/c24-15-17-3-2-10-28(17)11-7-20(23(31)30-14-13-29-12-9-26-22(29)16-30)27-34(32,33)21-5-1-4-19-18(21)6-8-25-19/h1-6,8-10,12,20,25,27H,7,11,13-14,16H2. The van der Waals surface area contributed by atoms with E-state index in [1.807, 2.05) is 10.8 Å². The summed E-state index contributed by atoms with van der Waals surface area (Å²) >= 11 is 0. The third-order valence-corrected chi connectivity index (χ3v) is 7.63. The highest BCUT2D eigenvalue weighted by atomic mass is 32.2. The lowest BCUT2D eigenvalue weighted by Crippen LogP contribution is -2.50. The van der Waals surface area contributed by atoms with Gasteiger partial charge in [0.25, 0.3) is 0 Å². The summed E-state index contributed by atoms with van der Waals surface area (Å²) in [5, 5.41) is 9.86. The second-order valence-corrected chi connectivity index (χ2v) is 9.84. The first-order chi connectivity index (χ1) is 16.5. The predicted octanol–water partition coefficient (Wildman–Crippen LogP) is 1.82.